The molecule has 1 heteroatoms. The average molecular weight is 180 g/mol. The van der Waals surface area contributed by atoms with E-state index < -0.39 is 0 Å². The van der Waals surface area contributed by atoms with E-state index in [-0.39, 0.29) is 6.10 Å². The van der Waals surface area contributed by atoms with E-state index in [1.165, 1.54) is 16.7 Å². The summed E-state index contributed by atoms with van der Waals surface area (Å²) in [6.45, 7) is 8.56. The van der Waals surface area contributed by atoms with Crippen LogP contribution in [0.25, 0.3) is 0 Å². The highest BCUT2D eigenvalue weighted by molar-refractivity contribution is 5.33. The summed E-state index contributed by atoms with van der Waals surface area (Å²) < 4.78 is 0. The van der Waals surface area contributed by atoms with Crippen LogP contribution < -0.4 is 0 Å². The molecule has 13 heavy (non-hydrogen) atoms. The van der Waals surface area contributed by atoms with E-state index in [9.17, 15) is 5.11 Å². The summed E-state index contributed by atoms with van der Waals surface area (Å²) in [4.78, 5) is 0. The first-order chi connectivity index (χ1) is 6.02. The summed E-state index contributed by atoms with van der Waals surface area (Å²) in [7, 11) is 0. The van der Waals surface area contributed by atoms with Gasteiger partial charge in [-0.25, -0.2) is 0 Å². The molecule has 74 valence electrons. The minimum absolute atomic E-state index is 0.205. The van der Waals surface area contributed by atoms with Crippen molar-refractivity contribution in [1.82, 2.24) is 0 Å². The maximum absolute atomic E-state index is 9.75. The Bertz CT molecular complexity index is 242. The number of aliphatic hydroxyl groups excluding tert-OH is 1. The van der Waals surface area contributed by atoms with Crippen molar-refractivity contribution in [3.8, 4) is 0 Å². The van der Waals surface area contributed by atoms with Crippen LogP contribution in [0, 0.1) is 5.92 Å². The Kier molecular flexibility index (Phi) is 3.32. The highest BCUT2D eigenvalue weighted by Gasteiger charge is 2.19. The second-order valence-corrected chi connectivity index (χ2v) is 4.38. The molecule has 0 saturated heterocycles. The summed E-state index contributed by atoms with van der Waals surface area (Å²) in [6.07, 6.45) is 3.90. The Morgan fingerprint density at radius 1 is 1.46 bits per heavy atom. The first kappa shape index (κ1) is 10.5. The lowest BCUT2D eigenvalue weighted by Crippen LogP contribution is -2.19. The number of rotatable bonds is 1. The summed E-state index contributed by atoms with van der Waals surface area (Å²) in [5.74, 6) is 0.463. The SMILES string of the molecule is CC(C)=C1C=C(C(C)C)C(O)CC1. The van der Waals surface area contributed by atoms with E-state index in [1.807, 2.05) is 0 Å². The molecule has 0 aliphatic heterocycles. The monoisotopic (exact) mass is 180 g/mol. The molecule has 0 bridgehead atoms. The van der Waals surface area contributed by atoms with Crippen LogP contribution >= 0.6 is 0 Å². The number of allylic oxidation sites excluding steroid dienone is 3. The molecule has 1 atom stereocenters. The zero-order valence-electron chi connectivity index (χ0n) is 9.09. The Labute approximate surface area is 81.2 Å². The maximum atomic E-state index is 9.75. The lowest BCUT2D eigenvalue weighted by atomic mass is 9.85. The van der Waals surface area contributed by atoms with Crippen molar-refractivity contribution in [1.29, 1.82) is 0 Å². The normalized spacial score (nSPS) is 23.4. The molecular formula is C12H20O. The van der Waals surface area contributed by atoms with Gasteiger partial charge in [0.2, 0.25) is 0 Å². The van der Waals surface area contributed by atoms with Crippen LogP contribution in [-0.4, -0.2) is 11.2 Å². The van der Waals surface area contributed by atoms with Gasteiger partial charge in [0.25, 0.3) is 0 Å². The van der Waals surface area contributed by atoms with Gasteiger partial charge in [-0.3, -0.25) is 0 Å². The topological polar surface area (TPSA) is 20.2 Å². The van der Waals surface area contributed by atoms with Crippen molar-refractivity contribution >= 4 is 0 Å². The van der Waals surface area contributed by atoms with Gasteiger partial charge in [-0.2, -0.15) is 0 Å². The van der Waals surface area contributed by atoms with Gasteiger partial charge in [0, 0.05) is 0 Å². The third kappa shape index (κ3) is 2.44. The molecule has 0 aromatic carbocycles. The van der Waals surface area contributed by atoms with E-state index in [1.54, 1.807) is 0 Å². The lowest BCUT2D eigenvalue weighted by molar-refractivity contribution is 0.186. The minimum atomic E-state index is -0.205. The quantitative estimate of drug-likeness (QED) is 0.657. The van der Waals surface area contributed by atoms with E-state index in [2.05, 4.69) is 33.8 Å². The van der Waals surface area contributed by atoms with Crippen LogP contribution in [-0.2, 0) is 0 Å². The smallest absolute Gasteiger partial charge is 0.0758 e. The number of hydrogen-bond acceptors (Lipinski definition) is 1. The van der Waals surface area contributed by atoms with Crippen molar-refractivity contribution in [3.63, 3.8) is 0 Å². The van der Waals surface area contributed by atoms with Gasteiger partial charge < -0.3 is 5.11 Å². The number of hydrogen-bond donors (Lipinski definition) is 1. The van der Waals surface area contributed by atoms with Crippen molar-refractivity contribution in [2.45, 2.75) is 46.6 Å². The Morgan fingerprint density at radius 3 is 2.54 bits per heavy atom. The van der Waals surface area contributed by atoms with Crippen LogP contribution in [0.1, 0.15) is 40.5 Å². The van der Waals surface area contributed by atoms with E-state index in [0.717, 1.165) is 12.8 Å². The van der Waals surface area contributed by atoms with Crippen molar-refractivity contribution in [3.05, 3.63) is 22.8 Å². The third-order valence-corrected chi connectivity index (χ3v) is 2.72. The molecule has 0 radical (unpaired) electrons. The Morgan fingerprint density at radius 2 is 2.08 bits per heavy atom. The van der Waals surface area contributed by atoms with E-state index >= 15 is 0 Å². The fourth-order valence-electron chi connectivity index (χ4n) is 1.77. The molecule has 1 N–H and O–H groups in total. The van der Waals surface area contributed by atoms with Gasteiger partial charge in [-0.15, -0.1) is 0 Å². The molecular weight excluding hydrogens is 160 g/mol. The second kappa shape index (κ2) is 4.10. The molecule has 1 nitrogen and oxygen atoms in total. The predicted molar refractivity (Wildman–Crippen MR) is 56.5 cm³/mol. The van der Waals surface area contributed by atoms with Gasteiger partial charge in [0.05, 0.1) is 6.10 Å². The zero-order valence-corrected chi connectivity index (χ0v) is 9.09. The number of aliphatic hydroxyl groups is 1. The van der Waals surface area contributed by atoms with Gasteiger partial charge in [-0.1, -0.05) is 25.5 Å². The van der Waals surface area contributed by atoms with Crippen molar-refractivity contribution in [2.24, 2.45) is 5.92 Å². The highest BCUT2D eigenvalue weighted by Crippen LogP contribution is 2.29. The molecule has 1 unspecified atom stereocenters. The molecule has 0 aromatic rings. The van der Waals surface area contributed by atoms with Gasteiger partial charge in [-0.05, 0) is 43.8 Å². The first-order valence-electron chi connectivity index (χ1n) is 5.08. The molecule has 0 saturated carbocycles. The van der Waals surface area contributed by atoms with Crippen molar-refractivity contribution in [2.75, 3.05) is 0 Å². The predicted octanol–water partition coefficient (Wildman–Crippen LogP) is 3.06. The lowest BCUT2D eigenvalue weighted by Gasteiger charge is -2.24. The first-order valence-corrected chi connectivity index (χ1v) is 5.08. The van der Waals surface area contributed by atoms with E-state index in [4.69, 9.17) is 0 Å². The molecule has 0 heterocycles. The summed E-state index contributed by atoms with van der Waals surface area (Å²) >= 11 is 0. The van der Waals surface area contributed by atoms with Gasteiger partial charge >= 0.3 is 0 Å². The molecule has 0 amide bonds. The van der Waals surface area contributed by atoms with E-state index in [0.29, 0.717) is 5.92 Å². The maximum Gasteiger partial charge on any atom is 0.0758 e. The largest absolute Gasteiger partial charge is 0.389 e. The van der Waals surface area contributed by atoms with Crippen LogP contribution in [0.2, 0.25) is 0 Å². The van der Waals surface area contributed by atoms with Crippen LogP contribution in [0.3, 0.4) is 0 Å². The fraction of sp³-hybridized carbons (Fsp3) is 0.667. The summed E-state index contributed by atoms with van der Waals surface area (Å²) in [5.41, 5.74) is 3.99. The van der Waals surface area contributed by atoms with Crippen LogP contribution in [0.4, 0.5) is 0 Å². The molecule has 0 fully saturated rings. The minimum Gasteiger partial charge on any atom is -0.389 e. The van der Waals surface area contributed by atoms with Crippen LogP contribution in [0.15, 0.2) is 22.8 Å². The summed E-state index contributed by atoms with van der Waals surface area (Å²) in [5, 5.41) is 9.75. The van der Waals surface area contributed by atoms with Crippen molar-refractivity contribution < 1.29 is 5.11 Å². The molecule has 1 aliphatic carbocycles. The molecule has 0 spiro atoms. The molecule has 1 rings (SSSR count). The summed E-state index contributed by atoms with van der Waals surface area (Å²) in [6, 6.07) is 0. The Balaban J connectivity index is 2.95. The Hall–Kier alpha value is -0.560. The van der Waals surface area contributed by atoms with Crippen LogP contribution in [0.5, 0.6) is 0 Å². The van der Waals surface area contributed by atoms with Gasteiger partial charge in [0.1, 0.15) is 0 Å². The standard InChI is InChI=1S/C12H20O/c1-8(2)10-5-6-12(13)11(7-10)9(3)4/h7,9,12-13H,5-6H2,1-4H3. The fourth-order valence-corrected chi connectivity index (χ4v) is 1.77. The zero-order chi connectivity index (χ0) is 10.0. The third-order valence-electron chi connectivity index (χ3n) is 2.72. The second-order valence-electron chi connectivity index (χ2n) is 4.38. The highest BCUT2D eigenvalue weighted by atomic mass is 16.3. The average Bonchev–Trinajstić information content (AvgIpc) is 2.04. The molecule has 0 aromatic heterocycles. The molecule has 1 aliphatic rings. The van der Waals surface area contributed by atoms with Gasteiger partial charge in [0.15, 0.2) is 0 Å².